The third-order valence-corrected chi connectivity index (χ3v) is 7.91. The van der Waals surface area contributed by atoms with Gasteiger partial charge in [-0.3, -0.25) is 4.79 Å². The molecule has 3 aromatic carbocycles. The van der Waals surface area contributed by atoms with E-state index in [1.807, 2.05) is 29.2 Å². The van der Waals surface area contributed by atoms with Gasteiger partial charge in [0, 0.05) is 43.5 Å². The maximum atomic E-state index is 15.4. The molecule has 0 aliphatic carbocycles. The molecule has 5 rings (SSSR count). The van der Waals surface area contributed by atoms with Gasteiger partial charge >= 0.3 is 12.1 Å². The largest absolute Gasteiger partial charge is 0.497 e. The number of nitrogens with zero attached hydrogens (tertiary/aromatic N) is 4. The number of para-hydroxylation sites is 1. The Balaban J connectivity index is 1.66. The molecule has 0 saturated carbocycles. The fraction of sp³-hybridized carbons (Fsp3) is 0.312. The van der Waals surface area contributed by atoms with E-state index < -0.39 is 35.5 Å². The van der Waals surface area contributed by atoms with Crippen LogP contribution < -0.4 is 19.3 Å². The number of ether oxygens (including phenoxy) is 2. The van der Waals surface area contributed by atoms with Crippen LogP contribution >= 0.6 is 0 Å². The number of alkyl halides is 3. The molecule has 8 nitrogen and oxygen atoms in total. The summed E-state index contributed by atoms with van der Waals surface area (Å²) in [6.45, 7) is 5.44. The molecule has 2 aliphatic rings. The first kappa shape index (κ1) is 30.7. The number of benzene rings is 3. The molecule has 3 aromatic rings. The van der Waals surface area contributed by atoms with Gasteiger partial charge in [0.25, 0.3) is 0 Å². The van der Waals surface area contributed by atoms with E-state index in [2.05, 4.69) is 16.5 Å². The van der Waals surface area contributed by atoms with Crippen LogP contribution in [0.25, 0.3) is 0 Å². The summed E-state index contributed by atoms with van der Waals surface area (Å²) in [4.78, 5) is 22.8. The molecule has 12 heteroatoms. The summed E-state index contributed by atoms with van der Waals surface area (Å²) < 4.78 is 68.3. The Morgan fingerprint density at radius 3 is 2.39 bits per heavy atom. The van der Waals surface area contributed by atoms with Crippen molar-refractivity contribution in [2.75, 3.05) is 50.2 Å². The topological polar surface area (TPSA) is 77.8 Å². The summed E-state index contributed by atoms with van der Waals surface area (Å²) >= 11 is 0. The standard InChI is InChI=1S/C32H32F4N4O4/c1-4-7-24(30(41)42)29-23-10-6-11-25(33)28(23)37-31(40(29)26-18-20(32(34,35)36)12-13-27(26)44-3)39-16-14-38(15-17-39)21-8-5-9-22(19-21)43-2/h4-6,8-13,18-19,24,29H,1,7,14-17H2,2-3H3,(H,41,42). The quantitative estimate of drug-likeness (QED) is 0.230. The summed E-state index contributed by atoms with van der Waals surface area (Å²) in [5.74, 6) is -2.19. The van der Waals surface area contributed by atoms with Gasteiger partial charge in [0.15, 0.2) is 0 Å². The van der Waals surface area contributed by atoms with E-state index >= 15 is 4.39 Å². The van der Waals surface area contributed by atoms with Crippen LogP contribution in [0.15, 0.2) is 78.3 Å². The van der Waals surface area contributed by atoms with E-state index in [-0.39, 0.29) is 35.1 Å². The Morgan fingerprint density at radius 2 is 1.75 bits per heavy atom. The second kappa shape index (κ2) is 12.5. The summed E-state index contributed by atoms with van der Waals surface area (Å²) in [5.41, 5.74) is 0.122. The maximum absolute atomic E-state index is 15.4. The van der Waals surface area contributed by atoms with Gasteiger partial charge in [0.2, 0.25) is 5.96 Å². The third-order valence-electron chi connectivity index (χ3n) is 7.91. The number of guanidine groups is 1. The van der Waals surface area contributed by atoms with Crippen molar-refractivity contribution in [2.45, 2.75) is 18.6 Å². The van der Waals surface area contributed by atoms with E-state index in [1.54, 1.807) is 13.2 Å². The number of hydrogen-bond donors (Lipinski definition) is 1. The number of fused-ring (bicyclic) bond motifs is 1. The minimum atomic E-state index is -4.69. The molecule has 232 valence electrons. The molecule has 2 aliphatic heterocycles. The smallest absolute Gasteiger partial charge is 0.416 e. The molecule has 0 radical (unpaired) electrons. The van der Waals surface area contributed by atoms with Crippen LogP contribution in [0.1, 0.15) is 23.6 Å². The average molecular weight is 613 g/mol. The number of rotatable bonds is 8. The van der Waals surface area contributed by atoms with Gasteiger partial charge in [-0.1, -0.05) is 24.3 Å². The van der Waals surface area contributed by atoms with Gasteiger partial charge in [-0.15, -0.1) is 6.58 Å². The predicted octanol–water partition coefficient (Wildman–Crippen LogP) is 6.51. The minimum Gasteiger partial charge on any atom is -0.497 e. The predicted molar refractivity (Wildman–Crippen MR) is 159 cm³/mol. The first-order valence-corrected chi connectivity index (χ1v) is 14.0. The zero-order valence-corrected chi connectivity index (χ0v) is 24.2. The zero-order valence-electron chi connectivity index (χ0n) is 24.2. The Hall–Kier alpha value is -4.74. The highest BCUT2D eigenvalue weighted by Crippen LogP contribution is 2.48. The number of methoxy groups -OCH3 is 2. The first-order valence-electron chi connectivity index (χ1n) is 14.0. The number of aliphatic imine (C=N–C) groups is 1. The number of aliphatic carboxylic acids is 1. The van der Waals surface area contributed by atoms with Crippen molar-refractivity contribution in [1.82, 2.24) is 4.90 Å². The molecule has 2 heterocycles. The Kier molecular flexibility index (Phi) is 8.70. The summed E-state index contributed by atoms with van der Waals surface area (Å²) in [7, 11) is 2.90. The average Bonchev–Trinajstić information content (AvgIpc) is 3.02. The summed E-state index contributed by atoms with van der Waals surface area (Å²) in [6.07, 6.45) is -3.30. The fourth-order valence-electron chi connectivity index (χ4n) is 5.75. The molecule has 0 aromatic heterocycles. The highest BCUT2D eigenvalue weighted by molar-refractivity contribution is 6.02. The Morgan fingerprint density at radius 1 is 1.05 bits per heavy atom. The van der Waals surface area contributed by atoms with Crippen LogP contribution in [0, 0.1) is 11.7 Å². The van der Waals surface area contributed by atoms with E-state index in [0.717, 1.165) is 17.8 Å². The second-order valence-electron chi connectivity index (χ2n) is 10.4. The van der Waals surface area contributed by atoms with Crippen molar-refractivity contribution in [3.05, 3.63) is 90.3 Å². The van der Waals surface area contributed by atoms with E-state index in [1.165, 1.54) is 36.3 Å². The third kappa shape index (κ3) is 5.88. The molecule has 1 N–H and O–H groups in total. The van der Waals surface area contributed by atoms with E-state index in [9.17, 15) is 23.1 Å². The lowest BCUT2D eigenvalue weighted by Gasteiger charge is -2.46. The van der Waals surface area contributed by atoms with Crippen LogP contribution in [0.2, 0.25) is 0 Å². The normalized spacial score (nSPS) is 17.5. The zero-order chi connectivity index (χ0) is 31.6. The molecule has 0 bridgehead atoms. The molecular weight excluding hydrogens is 580 g/mol. The monoisotopic (exact) mass is 612 g/mol. The van der Waals surface area contributed by atoms with Gasteiger partial charge in [0.05, 0.1) is 37.4 Å². The van der Waals surface area contributed by atoms with Crippen LogP contribution in [-0.4, -0.2) is 62.3 Å². The number of piperazine rings is 1. The first-order chi connectivity index (χ1) is 21.1. The number of carboxylic acids is 1. The number of halogens is 4. The number of carboxylic acid groups (broad SMARTS) is 1. The number of anilines is 2. The van der Waals surface area contributed by atoms with Crippen LogP contribution in [0.3, 0.4) is 0 Å². The Bertz CT molecular complexity index is 1570. The van der Waals surface area contributed by atoms with Crippen molar-refractivity contribution >= 4 is 29.0 Å². The Labute approximate surface area is 252 Å². The number of hydrogen-bond acceptors (Lipinski definition) is 7. The van der Waals surface area contributed by atoms with Gasteiger partial charge in [-0.25, -0.2) is 9.38 Å². The summed E-state index contributed by atoms with van der Waals surface area (Å²) in [5, 5.41) is 10.4. The van der Waals surface area contributed by atoms with Crippen LogP contribution in [0.4, 0.5) is 34.6 Å². The van der Waals surface area contributed by atoms with Gasteiger partial charge < -0.3 is 29.3 Å². The molecular formula is C32H32F4N4O4. The molecule has 0 spiro atoms. The van der Waals surface area contributed by atoms with Crippen molar-refractivity contribution in [3.63, 3.8) is 0 Å². The lowest BCUT2D eigenvalue weighted by molar-refractivity contribution is -0.142. The molecule has 1 saturated heterocycles. The lowest BCUT2D eigenvalue weighted by Crippen LogP contribution is -2.56. The van der Waals surface area contributed by atoms with Crippen molar-refractivity contribution in [3.8, 4) is 11.5 Å². The summed E-state index contributed by atoms with van der Waals surface area (Å²) in [6, 6.07) is 13.7. The lowest BCUT2D eigenvalue weighted by atomic mass is 9.86. The molecule has 1 fully saturated rings. The second-order valence-corrected chi connectivity index (χ2v) is 10.4. The molecule has 2 unspecified atom stereocenters. The number of allylic oxidation sites excluding steroid dienone is 1. The minimum absolute atomic E-state index is 0.0356. The maximum Gasteiger partial charge on any atom is 0.416 e. The SMILES string of the molecule is C=CCC(C(=O)O)C1c2cccc(F)c2N=C(N2CCN(c3cccc(OC)c3)CC2)N1c1cc(C(F)(F)F)ccc1OC. The van der Waals surface area contributed by atoms with Gasteiger partial charge in [0.1, 0.15) is 23.0 Å². The van der Waals surface area contributed by atoms with Crippen LogP contribution in [0.5, 0.6) is 11.5 Å². The molecule has 0 amide bonds. The van der Waals surface area contributed by atoms with Crippen molar-refractivity contribution in [1.29, 1.82) is 0 Å². The highest BCUT2D eigenvalue weighted by atomic mass is 19.4. The highest BCUT2D eigenvalue weighted by Gasteiger charge is 2.44. The van der Waals surface area contributed by atoms with E-state index in [0.29, 0.717) is 31.9 Å². The van der Waals surface area contributed by atoms with Gasteiger partial charge in [-0.2, -0.15) is 13.2 Å². The van der Waals surface area contributed by atoms with E-state index in [4.69, 9.17) is 9.47 Å². The fourth-order valence-corrected chi connectivity index (χ4v) is 5.75. The van der Waals surface area contributed by atoms with Crippen LogP contribution in [-0.2, 0) is 11.0 Å². The number of carbonyl (C=O) groups is 1. The van der Waals surface area contributed by atoms with Gasteiger partial charge in [-0.05, 0) is 42.8 Å². The van der Waals surface area contributed by atoms with Crippen molar-refractivity contribution in [2.24, 2.45) is 10.9 Å². The molecule has 44 heavy (non-hydrogen) atoms. The van der Waals surface area contributed by atoms with Crippen molar-refractivity contribution < 1.29 is 36.9 Å². The molecule has 2 atom stereocenters.